The van der Waals surface area contributed by atoms with Crippen molar-refractivity contribution in [3.05, 3.63) is 144 Å². The van der Waals surface area contributed by atoms with E-state index in [-0.39, 0.29) is 0 Å². The second-order valence-corrected chi connectivity index (χ2v) is 16.7. The van der Waals surface area contributed by atoms with Crippen molar-refractivity contribution < 1.29 is 20.8 Å². The van der Waals surface area contributed by atoms with Crippen LogP contribution in [0.1, 0.15) is 42.0 Å². The van der Waals surface area contributed by atoms with Gasteiger partial charge in [-0.25, -0.2) is 0 Å². The van der Waals surface area contributed by atoms with Gasteiger partial charge in [0.2, 0.25) is 0 Å². The second kappa shape index (κ2) is 17.4. The van der Waals surface area contributed by atoms with E-state index in [4.69, 9.17) is 17.0 Å². The van der Waals surface area contributed by atoms with Crippen molar-refractivity contribution >= 4 is 58.9 Å². The number of rotatable bonds is 3. The monoisotopic (exact) mass is 734 g/mol. The molecule has 0 nitrogen and oxygen atoms in total. The fourth-order valence-corrected chi connectivity index (χ4v) is 5.86. The summed E-state index contributed by atoms with van der Waals surface area (Å²) in [5.74, 6) is 0.563. The van der Waals surface area contributed by atoms with E-state index in [1.165, 1.54) is 76.8 Å². The van der Waals surface area contributed by atoms with Gasteiger partial charge in [-0.05, 0) is 34.7 Å². The summed E-state index contributed by atoms with van der Waals surface area (Å²) in [6.07, 6.45) is 0. The van der Waals surface area contributed by atoms with E-state index in [0.717, 1.165) is 9.52 Å². The van der Waals surface area contributed by atoms with Crippen LogP contribution in [0.2, 0.25) is 13.1 Å². The molecule has 0 aliphatic heterocycles. The Kier molecular flexibility index (Phi) is 13.7. The summed E-state index contributed by atoms with van der Waals surface area (Å²) in [6.45, 7) is 15.3. The van der Waals surface area contributed by atoms with Crippen molar-refractivity contribution in [2.75, 3.05) is 0 Å². The van der Waals surface area contributed by atoms with Crippen LogP contribution in [0.3, 0.4) is 0 Å². The van der Waals surface area contributed by atoms with E-state index >= 15 is 0 Å². The van der Waals surface area contributed by atoms with Gasteiger partial charge in [0.25, 0.3) is 0 Å². The molecule has 0 spiro atoms. The van der Waals surface area contributed by atoms with Gasteiger partial charge in [-0.2, -0.15) is 12.1 Å². The summed E-state index contributed by atoms with van der Waals surface area (Å²) in [4.78, 5) is 0. The van der Waals surface area contributed by atoms with E-state index in [2.05, 4.69) is 169 Å². The molecule has 7 aromatic rings. The molecular weight excluding hydrogens is 695 g/mol. The molecule has 7 aromatic carbocycles. The van der Waals surface area contributed by atoms with Crippen LogP contribution < -0.4 is 0 Å². The molecule has 0 saturated carbocycles. The molecule has 0 bridgehead atoms. The van der Waals surface area contributed by atoms with Gasteiger partial charge >= 0.3 is 37.9 Å². The zero-order chi connectivity index (χ0) is 33.2. The predicted octanol–water partition coefficient (Wildman–Crippen LogP) is 13.8. The van der Waals surface area contributed by atoms with Crippen molar-refractivity contribution in [3.63, 3.8) is 0 Å². The normalized spacial score (nSPS) is 10.5. The number of hydrogen-bond donors (Lipinski definition) is 0. The van der Waals surface area contributed by atoms with Gasteiger partial charge in [0.15, 0.2) is 0 Å². The van der Waals surface area contributed by atoms with Crippen LogP contribution in [-0.4, -0.2) is 9.52 Å². The van der Waals surface area contributed by atoms with Crippen LogP contribution >= 0.6 is 17.0 Å². The minimum absolute atomic E-state index is 0.563. The van der Waals surface area contributed by atoms with E-state index in [1.54, 1.807) is 0 Å². The van der Waals surface area contributed by atoms with Crippen molar-refractivity contribution in [1.29, 1.82) is 0 Å². The molecule has 2 radical (unpaired) electrons. The Morgan fingerprint density at radius 3 is 1.91 bits per heavy atom. The average molecular weight is 737 g/mol. The standard InChI is InChI=1S/C22H19.C18H17.C2H6Si.2ClH.Zr/c1-15(2)18-13-17-9-6-12-21(22(17)14-18)20-11-5-8-16-7-3-4-10-19(16)20;1-12-4-7-15(8-5-12)16-9-6-14(3)17-10-13(2)11-18(16)17;1-3-2;;;/h3-15H,1-2H3;4-11H,1-3H3;1-2H3;2*1H;/q2*-1;;;;+4/p-2. The first kappa shape index (κ1) is 36.1. The summed E-state index contributed by atoms with van der Waals surface area (Å²) in [5.41, 5.74) is 10.7. The van der Waals surface area contributed by atoms with Crippen LogP contribution in [0.4, 0.5) is 0 Å². The molecule has 0 amide bonds. The topological polar surface area (TPSA) is 0 Å². The first-order chi connectivity index (χ1) is 22.2. The molecule has 0 heterocycles. The molecule has 0 aliphatic rings. The van der Waals surface area contributed by atoms with Gasteiger partial charge in [0.05, 0.1) is 0 Å². The summed E-state index contributed by atoms with van der Waals surface area (Å²) >= 11 is -0.826. The molecule has 7 rings (SSSR count). The SMILES string of the molecule is CC(C)c1cc2c(-c3cccc4ccccc34)cccc2[cH-]1.C[Si]C.Cc1ccc(-c2ccc(C)c3[cH-]c(C)cc23)cc1.[Cl][Zr+2][Cl]. The maximum absolute atomic E-state index is 4.93. The van der Waals surface area contributed by atoms with Gasteiger partial charge in [0, 0.05) is 9.52 Å². The van der Waals surface area contributed by atoms with Crippen molar-refractivity contribution in [2.45, 2.75) is 53.6 Å². The number of fused-ring (bicyclic) bond motifs is 3. The first-order valence-electron chi connectivity index (χ1n) is 15.7. The molecule has 46 heavy (non-hydrogen) atoms. The Balaban J connectivity index is 0.000000181. The molecule has 4 heteroatoms. The maximum atomic E-state index is 4.93. The second-order valence-electron chi connectivity index (χ2n) is 12.0. The van der Waals surface area contributed by atoms with Gasteiger partial charge in [-0.15, -0.1) is 68.6 Å². The van der Waals surface area contributed by atoms with Gasteiger partial charge in [0.1, 0.15) is 0 Å². The summed E-state index contributed by atoms with van der Waals surface area (Å²) < 4.78 is 0. The quantitative estimate of drug-likeness (QED) is 0.125. The molecule has 0 unspecified atom stereocenters. The van der Waals surface area contributed by atoms with Crippen molar-refractivity contribution in [3.8, 4) is 22.3 Å². The van der Waals surface area contributed by atoms with Crippen LogP contribution in [0.5, 0.6) is 0 Å². The molecular formula is C42H42Cl2SiZr. The molecule has 0 fully saturated rings. The molecule has 0 saturated heterocycles. The number of hydrogen-bond acceptors (Lipinski definition) is 0. The molecule has 232 valence electrons. The minimum atomic E-state index is -0.826. The predicted molar refractivity (Wildman–Crippen MR) is 205 cm³/mol. The Morgan fingerprint density at radius 1 is 0.630 bits per heavy atom. The summed E-state index contributed by atoms with van der Waals surface area (Å²) in [5, 5.41) is 8.08. The molecule has 0 atom stereocenters. The third kappa shape index (κ3) is 8.78. The Bertz CT molecular complexity index is 1990. The molecule has 0 aromatic heterocycles. The van der Waals surface area contributed by atoms with Crippen LogP contribution in [0, 0.1) is 20.8 Å². The first-order valence-corrected chi connectivity index (χ1v) is 24.0. The summed E-state index contributed by atoms with van der Waals surface area (Å²) in [7, 11) is 11.0. The van der Waals surface area contributed by atoms with Gasteiger partial charge in [-0.3, -0.25) is 0 Å². The van der Waals surface area contributed by atoms with Crippen LogP contribution in [0.15, 0.2) is 121 Å². The van der Waals surface area contributed by atoms with E-state index in [9.17, 15) is 0 Å². The molecule has 0 N–H and O–H groups in total. The van der Waals surface area contributed by atoms with Crippen molar-refractivity contribution in [2.24, 2.45) is 0 Å². The van der Waals surface area contributed by atoms with E-state index in [0.29, 0.717) is 5.92 Å². The fourth-order valence-electron chi connectivity index (χ4n) is 5.86. The Labute approximate surface area is 297 Å². The van der Waals surface area contributed by atoms with Crippen LogP contribution in [-0.2, 0) is 20.8 Å². The third-order valence-corrected chi connectivity index (χ3v) is 8.13. The third-order valence-electron chi connectivity index (χ3n) is 8.13. The number of halogens is 2. The zero-order valence-corrected chi connectivity index (χ0v) is 32.9. The summed E-state index contributed by atoms with van der Waals surface area (Å²) in [6, 6.07) is 44.3. The van der Waals surface area contributed by atoms with Gasteiger partial charge in [-0.1, -0.05) is 136 Å². The Hall–Kier alpha value is -2.74. The van der Waals surface area contributed by atoms with E-state index < -0.39 is 20.8 Å². The average Bonchev–Trinajstić information content (AvgIpc) is 3.67. The number of benzene rings is 5. The van der Waals surface area contributed by atoms with E-state index in [1.807, 2.05) is 0 Å². The fraction of sp³-hybridized carbons (Fsp3) is 0.190. The van der Waals surface area contributed by atoms with Crippen molar-refractivity contribution in [1.82, 2.24) is 0 Å². The number of aryl methyl sites for hydroxylation is 3. The molecule has 0 aliphatic carbocycles. The van der Waals surface area contributed by atoms with Crippen LogP contribution in [0.25, 0.3) is 54.6 Å². The zero-order valence-electron chi connectivity index (χ0n) is 27.9. The van der Waals surface area contributed by atoms with Gasteiger partial charge < -0.3 is 0 Å². The Morgan fingerprint density at radius 2 is 1.24 bits per heavy atom.